The minimum Gasteiger partial charge on any atom is -0.353 e. The maximum Gasteiger partial charge on any atom is 0.253 e. The standard InChI is InChI=1S/C23H27FN2O2/c1-3-16(2)25-22(27)20-13-19(17-7-5-4-6-8-17)14-26(15-20)23(28)18-9-11-21(24)12-10-18/h4-12,16,19-20H,3,13-15H2,1-2H3,(H,25,27)/t16-,19+,20-/m0/s1. The minimum atomic E-state index is -0.372. The Labute approximate surface area is 165 Å². The third-order valence-corrected chi connectivity index (χ3v) is 5.47. The lowest BCUT2D eigenvalue weighted by Gasteiger charge is -2.38. The zero-order valence-corrected chi connectivity index (χ0v) is 16.4. The van der Waals surface area contributed by atoms with E-state index in [0.29, 0.717) is 25.1 Å². The number of halogens is 1. The summed E-state index contributed by atoms with van der Waals surface area (Å²) in [7, 11) is 0. The molecule has 4 nitrogen and oxygen atoms in total. The quantitative estimate of drug-likeness (QED) is 0.850. The molecule has 0 radical (unpaired) electrons. The first-order valence-corrected chi connectivity index (χ1v) is 9.88. The highest BCUT2D eigenvalue weighted by molar-refractivity contribution is 5.94. The fourth-order valence-electron chi connectivity index (χ4n) is 3.66. The molecule has 148 valence electrons. The molecule has 1 heterocycles. The Hall–Kier alpha value is -2.69. The molecule has 0 aromatic heterocycles. The van der Waals surface area contributed by atoms with Crippen LogP contribution in [0.2, 0.25) is 0 Å². The van der Waals surface area contributed by atoms with Gasteiger partial charge in [0, 0.05) is 30.6 Å². The molecule has 1 saturated heterocycles. The van der Waals surface area contributed by atoms with Crippen LogP contribution >= 0.6 is 0 Å². The van der Waals surface area contributed by atoms with Crippen LogP contribution in [0.5, 0.6) is 0 Å². The fraction of sp³-hybridized carbons (Fsp3) is 0.391. The average Bonchev–Trinajstić information content (AvgIpc) is 2.74. The fourth-order valence-corrected chi connectivity index (χ4v) is 3.66. The lowest BCUT2D eigenvalue weighted by molar-refractivity contribution is -0.127. The molecule has 3 rings (SSSR count). The summed E-state index contributed by atoms with van der Waals surface area (Å²) < 4.78 is 13.2. The molecular formula is C23H27FN2O2. The molecule has 2 aromatic carbocycles. The van der Waals surface area contributed by atoms with Crippen LogP contribution in [0.3, 0.4) is 0 Å². The lowest BCUT2D eigenvalue weighted by atomic mass is 9.83. The molecule has 0 saturated carbocycles. The Bertz CT molecular complexity index is 807. The number of likely N-dealkylation sites (tertiary alicyclic amines) is 1. The van der Waals surface area contributed by atoms with Crippen LogP contribution in [0, 0.1) is 11.7 Å². The molecule has 1 N–H and O–H groups in total. The number of benzene rings is 2. The molecule has 2 amide bonds. The molecule has 1 fully saturated rings. The van der Waals surface area contributed by atoms with Gasteiger partial charge in [-0.15, -0.1) is 0 Å². The minimum absolute atomic E-state index is 0.00751. The van der Waals surface area contributed by atoms with Crippen LogP contribution in [-0.4, -0.2) is 35.8 Å². The lowest BCUT2D eigenvalue weighted by Crippen LogP contribution is -2.49. The van der Waals surface area contributed by atoms with E-state index in [0.717, 1.165) is 12.0 Å². The normalized spacial score (nSPS) is 20.5. The first kappa shape index (κ1) is 20.1. The van der Waals surface area contributed by atoms with Gasteiger partial charge in [-0.05, 0) is 49.6 Å². The Morgan fingerprint density at radius 1 is 1.11 bits per heavy atom. The Morgan fingerprint density at radius 2 is 1.79 bits per heavy atom. The molecule has 0 bridgehead atoms. The third-order valence-electron chi connectivity index (χ3n) is 5.47. The van der Waals surface area contributed by atoms with Gasteiger partial charge in [-0.1, -0.05) is 37.3 Å². The summed E-state index contributed by atoms with van der Waals surface area (Å²) in [5.74, 6) is -0.721. The van der Waals surface area contributed by atoms with Gasteiger partial charge in [0.15, 0.2) is 0 Å². The van der Waals surface area contributed by atoms with Gasteiger partial charge in [0.2, 0.25) is 5.91 Å². The van der Waals surface area contributed by atoms with Gasteiger partial charge < -0.3 is 10.2 Å². The summed E-state index contributed by atoms with van der Waals surface area (Å²) in [6.07, 6.45) is 1.57. The highest BCUT2D eigenvalue weighted by Crippen LogP contribution is 2.31. The zero-order chi connectivity index (χ0) is 20.1. The van der Waals surface area contributed by atoms with E-state index in [1.807, 2.05) is 44.2 Å². The van der Waals surface area contributed by atoms with E-state index in [4.69, 9.17) is 0 Å². The van der Waals surface area contributed by atoms with Gasteiger partial charge in [0.05, 0.1) is 5.92 Å². The SMILES string of the molecule is CC[C@H](C)NC(=O)[C@H]1C[C@@H](c2ccccc2)CN(C(=O)c2ccc(F)cc2)C1. The Kier molecular flexibility index (Phi) is 6.45. The summed E-state index contributed by atoms with van der Waals surface area (Å²) in [5, 5.41) is 3.05. The smallest absolute Gasteiger partial charge is 0.253 e. The number of hydrogen-bond donors (Lipinski definition) is 1. The summed E-state index contributed by atoms with van der Waals surface area (Å²) in [6.45, 7) is 4.94. The second kappa shape index (κ2) is 9.00. The molecular weight excluding hydrogens is 355 g/mol. The Morgan fingerprint density at radius 3 is 2.43 bits per heavy atom. The van der Waals surface area contributed by atoms with E-state index in [9.17, 15) is 14.0 Å². The molecule has 3 atom stereocenters. The number of carbonyl (C=O) groups excluding carboxylic acids is 2. The average molecular weight is 382 g/mol. The third kappa shape index (κ3) is 4.77. The monoisotopic (exact) mass is 382 g/mol. The molecule has 1 aliphatic rings. The van der Waals surface area contributed by atoms with Crippen LogP contribution in [-0.2, 0) is 4.79 Å². The van der Waals surface area contributed by atoms with Crippen molar-refractivity contribution in [3.63, 3.8) is 0 Å². The largest absolute Gasteiger partial charge is 0.353 e. The van der Waals surface area contributed by atoms with E-state index in [2.05, 4.69) is 5.32 Å². The molecule has 0 aliphatic carbocycles. The summed E-state index contributed by atoms with van der Waals surface area (Å²) in [6, 6.07) is 15.7. The van der Waals surface area contributed by atoms with Crippen LogP contribution < -0.4 is 5.32 Å². The van der Waals surface area contributed by atoms with Crippen molar-refractivity contribution in [2.45, 2.75) is 38.6 Å². The molecule has 2 aromatic rings. The molecule has 1 aliphatic heterocycles. The van der Waals surface area contributed by atoms with Crippen molar-refractivity contribution in [2.24, 2.45) is 5.92 Å². The topological polar surface area (TPSA) is 49.4 Å². The van der Waals surface area contributed by atoms with Crippen molar-refractivity contribution in [3.05, 3.63) is 71.5 Å². The van der Waals surface area contributed by atoms with E-state index in [-0.39, 0.29) is 35.5 Å². The highest BCUT2D eigenvalue weighted by atomic mass is 19.1. The van der Waals surface area contributed by atoms with Crippen molar-refractivity contribution in [1.29, 1.82) is 0 Å². The van der Waals surface area contributed by atoms with Crippen molar-refractivity contribution < 1.29 is 14.0 Å². The molecule has 0 spiro atoms. The zero-order valence-electron chi connectivity index (χ0n) is 16.4. The predicted molar refractivity (Wildman–Crippen MR) is 107 cm³/mol. The van der Waals surface area contributed by atoms with Crippen LogP contribution in [0.1, 0.15) is 48.5 Å². The van der Waals surface area contributed by atoms with Crippen molar-refractivity contribution in [3.8, 4) is 0 Å². The van der Waals surface area contributed by atoms with E-state index in [1.54, 1.807) is 4.90 Å². The van der Waals surface area contributed by atoms with Crippen LogP contribution in [0.4, 0.5) is 4.39 Å². The first-order valence-electron chi connectivity index (χ1n) is 9.88. The highest BCUT2D eigenvalue weighted by Gasteiger charge is 2.35. The van der Waals surface area contributed by atoms with E-state index in [1.165, 1.54) is 24.3 Å². The van der Waals surface area contributed by atoms with Crippen molar-refractivity contribution in [1.82, 2.24) is 10.2 Å². The second-order valence-corrected chi connectivity index (χ2v) is 7.58. The van der Waals surface area contributed by atoms with Gasteiger partial charge in [0.25, 0.3) is 5.91 Å². The van der Waals surface area contributed by atoms with Crippen molar-refractivity contribution >= 4 is 11.8 Å². The number of carbonyl (C=O) groups is 2. The predicted octanol–water partition coefficient (Wildman–Crippen LogP) is 3.99. The van der Waals surface area contributed by atoms with E-state index < -0.39 is 0 Å². The summed E-state index contributed by atoms with van der Waals surface area (Å²) in [4.78, 5) is 27.5. The number of nitrogens with zero attached hydrogens (tertiary/aromatic N) is 1. The van der Waals surface area contributed by atoms with Crippen molar-refractivity contribution in [2.75, 3.05) is 13.1 Å². The number of nitrogens with one attached hydrogen (secondary N) is 1. The summed E-state index contributed by atoms with van der Waals surface area (Å²) >= 11 is 0. The van der Waals surface area contributed by atoms with Crippen LogP contribution in [0.15, 0.2) is 54.6 Å². The maximum atomic E-state index is 13.2. The summed E-state index contributed by atoms with van der Waals surface area (Å²) in [5.41, 5.74) is 1.57. The first-order chi connectivity index (χ1) is 13.5. The second-order valence-electron chi connectivity index (χ2n) is 7.58. The number of piperidine rings is 1. The number of amides is 2. The van der Waals surface area contributed by atoms with Gasteiger partial charge in [-0.25, -0.2) is 4.39 Å². The van der Waals surface area contributed by atoms with Crippen LogP contribution in [0.25, 0.3) is 0 Å². The Balaban J connectivity index is 1.83. The number of hydrogen-bond acceptors (Lipinski definition) is 2. The molecule has 5 heteroatoms. The van der Waals surface area contributed by atoms with Gasteiger partial charge in [-0.3, -0.25) is 9.59 Å². The van der Waals surface area contributed by atoms with Gasteiger partial charge >= 0.3 is 0 Å². The molecule has 28 heavy (non-hydrogen) atoms. The van der Waals surface area contributed by atoms with Gasteiger partial charge in [0.1, 0.15) is 5.82 Å². The van der Waals surface area contributed by atoms with Gasteiger partial charge in [-0.2, -0.15) is 0 Å². The van der Waals surface area contributed by atoms with E-state index >= 15 is 0 Å². The molecule has 0 unspecified atom stereocenters. The number of rotatable bonds is 5. The maximum absolute atomic E-state index is 13.2.